The molecule has 2 heteroatoms. The lowest BCUT2D eigenvalue weighted by Gasteiger charge is -2.23. The lowest BCUT2D eigenvalue weighted by molar-refractivity contribution is -0.0161. The van der Waals surface area contributed by atoms with Gasteiger partial charge in [0, 0.05) is 13.5 Å². The summed E-state index contributed by atoms with van der Waals surface area (Å²) in [6, 6.07) is 8.45. The Morgan fingerprint density at radius 2 is 1.59 bits per heavy atom. The minimum absolute atomic E-state index is 0.174. The highest BCUT2D eigenvalue weighted by molar-refractivity contribution is 5.28. The van der Waals surface area contributed by atoms with Gasteiger partial charge >= 0.3 is 0 Å². The first-order valence-electron chi connectivity index (χ1n) is 6.05. The molecule has 0 saturated heterocycles. The van der Waals surface area contributed by atoms with Crippen molar-refractivity contribution in [1.82, 2.24) is 0 Å². The quantitative estimate of drug-likeness (QED) is 0.871. The number of benzene rings is 1. The van der Waals surface area contributed by atoms with Crippen LogP contribution in [0.4, 0.5) is 0 Å². The van der Waals surface area contributed by atoms with Crippen LogP contribution in [0.2, 0.25) is 0 Å². The normalized spacial score (nSPS) is 15.6. The molecule has 1 rings (SSSR count). The van der Waals surface area contributed by atoms with Gasteiger partial charge in [-0.3, -0.25) is 0 Å². The first-order valence-corrected chi connectivity index (χ1v) is 6.05. The van der Waals surface area contributed by atoms with E-state index >= 15 is 0 Å². The Balaban J connectivity index is 2.75. The molecule has 0 bridgehead atoms. The Morgan fingerprint density at radius 1 is 1.06 bits per heavy atom. The summed E-state index contributed by atoms with van der Waals surface area (Å²) in [5.41, 5.74) is 1.83. The van der Waals surface area contributed by atoms with Crippen molar-refractivity contribution in [3.63, 3.8) is 0 Å². The SMILES string of the molecule is COCC(C)(O)Cc1ccc(C(C)(C)C)cc1. The fourth-order valence-electron chi connectivity index (χ4n) is 1.92. The monoisotopic (exact) mass is 236 g/mol. The topological polar surface area (TPSA) is 29.5 Å². The molecule has 0 heterocycles. The van der Waals surface area contributed by atoms with Crippen molar-refractivity contribution < 1.29 is 9.84 Å². The first-order chi connectivity index (χ1) is 7.74. The third kappa shape index (κ3) is 4.49. The largest absolute Gasteiger partial charge is 0.387 e. The van der Waals surface area contributed by atoms with Crippen LogP contribution in [0.3, 0.4) is 0 Å². The van der Waals surface area contributed by atoms with Gasteiger partial charge in [0.2, 0.25) is 0 Å². The van der Waals surface area contributed by atoms with E-state index in [1.807, 2.05) is 0 Å². The lowest BCUT2D eigenvalue weighted by Crippen LogP contribution is -2.32. The molecule has 0 aromatic heterocycles. The molecule has 0 aliphatic heterocycles. The van der Waals surface area contributed by atoms with Crippen LogP contribution in [0, 0.1) is 0 Å². The number of rotatable bonds is 4. The van der Waals surface area contributed by atoms with Crippen molar-refractivity contribution in [1.29, 1.82) is 0 Å². The summed E-state index contributed by atoms with van der Waals surface area (Å²) >= 11 is 0. The van der Waals surface area contributed by atoms with E-state index in [9.17, 15) is 5.11 Å². The molecule has 1 atom stereocenters. The number of ether oxygens (including phenoxy) is 1. The predicted octanol–water partition coefficient (Wildman–Crippen LogP) is 2.92. The van der Waals surface area contributed by atoms with Crippen LogP contribution in [0.1, 0.15) is 38.8 Å². The van der Waals surface area contributed by atoms with E-state index in [2.05, 4.69) is 45.0 Å². The highest BCUT2D eigenvalue weighted by atomic mass is 16.5. The van der Waals surface area contributed by atoms with Crippen LogP contribution >= 0.6 is 0 Å². The van der Waals surface area contributed by atoms with E-state index in [-0.39, 0.29) is 5.41 Å². The zero-order valence-electron chi connectivity index (χ0n) is 11.6. The van der Waals surface area contributed by atoms with Crippen molar-refractivity contribution >= 4 is 0 Å². The van der Waals surface area contributed by atoms with Crippen LogP contribution in [-0.2, 0) is 16.6 Å². The molecule has 96 valence electrons. The molecule has 1 N–H and O–H groups in total. The molecule has 1 unspecified atom stereocenters. The second-order valence-electron chi connectivity index (χ2n) is 6.05. The fourth-order valence-corrected chi connectivity index (χ4v) is 1.92. The van der Waals surface area contributed by atoms with Crippen LogP contribution in [0.15, 0.2) is 24.3 Å². The minimum Gasteiger partial charge on any atom is -0.387 e. The van der Waals surface area contributed by atoms with Crippen LogP contribution < -0.4 is 0 Å². The molecule has 17 heavy (non-hydrogen) atoms. The highest BCUT2D eigenvalue weighted by Gasteiger charge is 2.21. The predicted molar refractivity (Wildman–Crippen MR) is 71.3 cm³/mol. The van der Waals surface area contributed by atoms with E-state index < -0.39 is 5.60 Å². The van der Waals surface area contributed by atoms with E-state index in [0.717, 1.165) is 5.56 Å². The maximum absolute atomic E-state index is 10.1. The summed E-state index contributed by atoms with van der Waals surface area (Å²) in [5.74, 6) is 0. The molecule has 0 radical (unpaired) electrons. The van der Waals surface area contributed by atoms with Crippen LogP contribution in [0.5, 0.6) is 0 Å². The Bertz CT molecular complexity index is 344. The van der Waals surface area contributed by atoms with Gasteiger partial charge in [0.05, 0.1) is 12.2 Å². The van der Waals surface area contributed by atoms with E-state index in [0.29, 0.717) is 13.0 Å². The fraction of sp³-hybridized carbons (Fsp3) is 0.600. The van der Waals surface area contributed by atoms with Gasteiger partial charge in [0.1, 0.15) is 0 Å². The molecule has 2 nitrogen and oxygen atoms in total. The molecule has 1 aromatic rings. The van der Waals surface area contributed by atoms with Gasteiger partial charge < -0.3 is 9.84 Å². The lowest BCUT2D eigenvalue weighted by atomic mass is 9.86. The zero-order valence-corrected chi connectivity index (χ0v) is 11.6. The standard InChI is InChI=1S/C15H24O2/c1-14(2,3)13-8-6-12(7-9-13)10-15(4,16)11-17-5/h6-9,16H,10-11H2,1-5H3. The van der Waals surface area contributed by atoms with Gasteiger partial charge in [-0.2, -0.15) is 0 Å². The average Bonchev–Trinajstić information content (AvgIpc) is 2.16. The van der Waals surface area contributed by atoms with Gasteiger partial charge in [0.15, 0.2) is 0 Å². The van der Waals surface area contributed by atoms with Crippen molar-refractivity contribution in [2.45, 2.75) is 45.1 Å². The summed E-state index contributed by atoms with van der Waals surface area (Å²) in [6.07, 6.45) is 0.616. The van der Waals surface area contributed by atoms with Gasteiger partial charge in [-0.25, -0.2) is 0 Å². The molecule has 0 saturated carbocycles. The molecular formula is C15H24O2. The smallest absolute Gasteiger partial charge is 0.0892 e. The average molecular weight is 236 g/mol. The summed E-state index contributed by atoms with van der Waals surface area (Å²) < 4.78 is 5.01. The molecule has 0 spiro atoms. The highest BCUT2D eigenvalue weighted by Crippen LogP contribution is 2.23. The maximum atomic E-state index is 10.1. The molecule has 0 aliphatic carbocycles. The molecular weight excluding hydrogens is 212 g/mol. The number of hydrogen-bond donors (Lipinski definition) is 1. The van der Waals surface area contributed by atoms with Crippen LogP contribution in [-0.4, -0.2) is 24.4 Å². The summed E-state index contributed by atoms with van der Waals surface area (Å²) in [5, 5.41) is 10.1. The van der Waals surface area contributed by atoms with Crippen molar-refractivity contribution in [3.8, 4) is 0 Å². The van der Waals surface area contributed by atoms with Gasteiger partial charge in [0.25, 0.3) is 0 Å². The van der Waals surface area contributed by atoms with Crippen LogP contribution in [0.25, 0.3) is 0 Å². The molecule has 1 aromatic carbocycles. The number of methoxy groups -OCH3 is 1. The van der Waals surface area contributed by atoms with Gasteiger partial charge in [-0.15, -0.1) is 0 Å². The van der Waals surface area contributed by atoms with Gasteiger partial charge in [-0.1, -0.05) is 45.0 Å². The first kappa shape index (κ1) is 14.2. The number of aliphatic hydroxyl groups is 1. The Hall–Kier alpha value is -0.860. The molecule has 0 amide bonds. The summed E-state index contributed by atoms with van der Waals surface area (Å²) in [7, 11) is 1.61. The Labute approximate surface area is 105 Å². The summed E-state index contributed by atoms with van der Waals surface area (Å²) in [6.45, 7) is 8.75. The third-order valence-corrected chi connectivity index (χ3v) is 2.86. The van der Waals surface area contributed by atoms with E-state index in [4.69, 9.17) is 4.74 Å². The second-order valence-corrected chi connectivity index (χ2v) is 6.05. The molecule has 0 aliphatic rings. The summed E-state index contributed by atoms with van der Waals surface area (Å²) in [4.78, 5) is 0. The number of hydrogen-bond acceptors (Lipinski definition) is 2. The Kier molecular flexibility index (Phi) is 4.34. The van der Waals surface area contributed by atoms with Crippen molar-refractivity contribution in [3.05, 3.63) is 35.4 Å². The Morgan fingerprint density at radius 3 is 2.00 bits per heavy atom. The van der Waals surface area contributed by atoms with E-state index in [1.165, 1.54) is 5.56 Å². The zero-order chi connectivity index (χ0) is 13.1. The van der Waals surface area contributed by atoms with Crippen molar-refractivity contribution in [2.24, 2.45) is 0 Å². The third-order valence-electron chi connectivity index (χ3n) is 2.86. The maximum Gasteiger partial charge on any atom is 0.0892 e. The van der Waals surface area contributed by atoms with E-state index in [1.54, 1.807) is 14.0 Å². The second kappa shape index (κ2) is 5.19. The van der Waals surface area contributed by atoms with Gasteiger partial charge in [-0.05, 0) is 23.5 Å². The molecule has 0 fully saturated rings. The van der Waals surface area contributed by atoms with Crippen molar-refractivity contribution in [2.75, 3.05) is 13.7 Å². The minimum atomic E-state index is -0.794.